The van der Waals surface area contributed by atoms with Crippen LogP contribution in [-0.4, -0.2) is 5.24 Å². The van der Waals surface area contributed by atoms with Crippen LogP contribution in [0.15, 0.2) is 54.6 Å². The fourth-order valence-corrected chi connectivity index (χ4v) is 2.11. The second-order valence-corrected chi connectivity index (χ2v) is 4.44. The summed E-state index contributed by atoms with van der Waals surface area (Å²) in [6.45, 7) is 0. The average Bonchev–Trinajstić information content (AvgIpc) is 2.38. The zero-order valence-electron chi connectivity index (χ0n) is 9.64. The van der Waals surface area contributed by atoms with Crippen LogP contribution in [0.1, 0.15) is 17.0 Å². The van der Waals surface area contributed by atoms with Gasteiger partial charge in [-0.1, -0.05) is 48.5 Å². The maximum atomic E-state index is 13.7. The predicted octanol–water partition coefficient (Wildman–Crippen LogP) is 3.92. The first-order valence-corrected chi connectivity index (χ1v) is 6.04. The van der Waals surface area contributed by atoms with Crippen molar-refractivity contribution in [1.82, 2.24) is 0 Å². The molecule has 0 saturated carbocycles. The number of hydrogen-bond acceptors (Lipinski definition) is 1. The third-order valence-electron chi connectivity index (χ3n) is 2.84. The molecule has 0 fully saturated rings. The van der Waals surface area contributed by atoms with Crippen molar-refractivity contribution in [2.75, 3.05) is 0 Å². The van der Waals surface area contributed by atoms with Crippen LogP contribution in [0.5, 0.6) is 0 Å². The van der Waals surface area contributed by atoms with E-state index in [-0.39, 0.29) is 0 Å². The summed E-state index contributed by atoms with van der Waals surface area (Å²) in [6, 6.07) is 15.7. The Hall–Kier alpha value is -1.67. The molecule has 0 saturated heterocycles. The molecule has 0 heterocycles. The first-order valence-electron chi connectivity index (χ1n) is 5.66. The summed E-state index contributed by atoms with van der Waals surface area (Å²) >= 11 is 5.59. The lowest BCUT2D eigenvalue weighted by Crippen LogP contribution is -2.12. The van der Waals surface area contributed by atoms with Gasteiger partial charge in [0, 0.05) is 0 Å². The predicted molar refractivity (Wildman–Crippen MR) is 70.1 cm³/mol. The van der Waals surface area contributed by atoms with Gasteiger partial charge in [-0.25, -0.2) is 4.39 Å². The maximum Gasteiger partial charge on any atom is 0.229 e. The molecular formula is C15H12ClFO. The Balaban J connectivity index is 2.30. The van der Waals surface area contributed by atoms with Gasteiger partial charge in [0.1, 0.15) is 5.82 Å². The van der Waals surface area contributed by atoms with Crippen molar-refractivity contribution in [3.63, 3.8) is 0 Å². The number of benzene rings is 2. The summed E-state index contributed by atoms with van der Waals surface area (Å²) in [5, 5.41) is -0.538. The molecule has 0 aliphatic carbocycles. The monoisotopic (exact) mass is 262 g/mol. The van der Waals surface area contributed by atoms with Crippen molar-refractivity contribution in [3.05, 3.63) is 71.5 Å². The van der Waals surface area contributed by atoms with Crippen LogP contribution in [0.2, 0.25) is 0 Å². The molecule has 0 amide bonds. The normalized spacial score (nSPS) is 12.1. The lowest BCUT2D eigenvalue weighted by atomic mass is 9.93. The quantitative estimate of drug-likeness (QED) is 0.764. The maximum absolute atomic E-state index is 13.7. The van der Waals surface area contributed by atoms with Gasteiger partial charge in [0.2, 0.25) is 5.24 Å². The molecule has 0 aliphatic rings. The highest BCUT2D eigenvalue weighted by molar-refractivity contribution is 6.64. The van der Waals surface area contributed by atoms with E-state index in [2.05, 4.69) is 0 Å². The molecule has 3 heteroatoms. The van der Waals surface area contributed by atoms with Crippen molar-refractivity contribution in [1.29, 1.82) is 0 Å². The van der Waals surface area contributed by atoms with E-state index in [1.807, 2.05) is 30.3 Å². The van der Waals surface area contributed by atoms with Crippen molar-refractivity contribution < 1.29 is 9.18 Å². The van der Waals surface area contributed by atoms with Gasteiger partial charge in [0.25, 0.3) is 0 Å². The summed E-state index contributed by atoms with van der Waals surface area (Å²) < 4.78 is 13.7. The van der Waals surface area contributed by atoms with Gasteiger partial charge < -0.3 is 0 Å². The minimum atomic E-state index is -0.643. The Bertz CT molecular complexity index is 539. The number of carbonyl (C=O) groups is 1. The second kappa shape index (κ2) is 5.78. The van der Waals surface area contributed by atoms with E-state index in [1.165, 1.54) is 6.07 Å². The molecule has 0 aromatic heterocycles. The summed E-state index contributed by atoms with van der Waals surface area (Å²) in [4.78, 5) is 11.5. The Morgan fingerprint density at radius 1 is 1.06 bits per heavy atom. The van der Waals surface area contributed by atoms with E-state index in [0.29, 0.717) is 12.0 Å². The van der Waals surface area contributed by atoms with Crippen LogP contribution in [0.25, 0.3) is 0 Å². The summed E-state index contributed by atoms with van der Waals surface area (Å²) in [6.07, 6.45) is 0.407. The van der Waals surface area contributed by atoms with Gasteiger partial charge in [-0.2, -0.15) is 0 Å². The van der Waals surface area contributed by atoms with Crippen LogP contribution < -0.4 is 0 Å². The molecule has 92 valence electrons. The van der Waals surface area contributed by atoms with E-state index in [4.69, 9.17) is 11.6 Å². The van der Waals surface area contributed by atoms with E-state index in [1.54, 1.807) is 18.2 Å². The number of halogens is 2. The number of rotatable bonds is 4. The lowest BCUT2D eigenvalue weighted by Gasteiger charge is -2.13. The molecule has 1 atom stereocenters. The Kier molecular flexibility index (Phi) is 4.11. The minimum Gasteiger partial charge on any atom is -0.281 e. The van der Waals surface area contributed by atoms with Crippen LogP contribution in [-0.2, 0) is 11.2 Å². The smallest absolute Gasteiger partial charge is 0.229 e. The molecule has 0 radical (unpaired) electrons. The molecule has 0 spiro atoms. The zero-order chi connectivity index (χ0) is 13.0. The molecule has 2 aromatic rings. The first-order chi connectivity index (χ1) is 8.68. The molecule has 0 N–H and O–H groups in total. The number of hydrogen-bond donors (Lipinski definition) is 0. The fourth-order valence-electron chi connectivity index (χ4n) is 1.92. The van der Waals surface area contributed by atoms with Gasteiger partial charge in [-0.15, -0.1) is 0 Å². The van der Waals surface area contributed by atoms with Gasteiger partial charge >= 0.3 is 0 Å². The highest BCUT2D eigenvalue weighted by Gasteiger charge is 2.22. The molecule has 18 heavy (non-hydrogen) atoms. The zero-order valence-corrected chi connectivity index (χ0v) is 10.4. The highest BCUT2D eigenvalue weighted by Crippen LogP contribution is 2.25. The molecule has 0 aliphatic heterocycles. The summed E-state index contributed by atoms with van der Waals surface area (Å²) in [5.41, 5.74) is 1.31. The topological polar surface area (TPSA) is 17.1 Å². The molecule has 2 aromatic carbocycles. The largest absolute Gasteiger partial charge is 0.281 e. The molecular weight excluding hydrogens is 251 g/mol. The third kappa shape index (κ3) is 2.96. The van der Waals surface area contributed by atoms with Crippen molar-refractivity contribution in [2.45, 2.75) is 12.3 Å². The Labute approximate surface area is 110 Å². The van der Waals surface area contributed by atoms with Crippen LogP contribution >= 0.6 is 11.6 Å². The van der Waals surface area contributed by atoms with Crippen molar-refractivity contribution in [2.24, 2.45) is 0 Å². The third-order valence-corrected chi connectivity index (χ3v) is 3.10. The highest BCUT2D eigenvalue weighted by atomic mass is 35.5. The molecule has 1 unspecified atom stereocenters. The molecule has 0 bridgehead atoms. The molecule has 1 nitrogen and oxygen atoms in total. The lowest BCUT2D eigenvalue weighted by molar-refractivity contribution is -0.113. The van der Waals surface area contributed by atoms with E-state index < -0.39 is 17.0 Å². The minimum absolute atomic E-state index is 0.348. The van der Waals surface area contributed by atoms with Crippen LogP contribution in [0.4, 0.5) is 4.39 Å². The van der Waals surface area contributed by atoms with Gasteiger partial charge in [0.05, 0.1) is 5.92 Å². The molecule has 2 rings (SSSR count). The van der Waals surface area contributed by atoms with Gasteiger partial charge in [-0.05, 0) is 35.2 Å². The van der Waals surface area contributed by atoms with E-state index >= 15 is 0 Å². The van der Waals surface area contributed by atoms with E-state index in [9.17, 15) is 9.18 Å². The Morgan fingerprint density at radius 3 is 2.28 bits per heavy atom. The Morgan fingerprint density at radius 2 is 1.67 bits per heavy atom. The van der Waals surface area contributed by atoms with E-state index in [0.717, 1.165) is 5.56 Å². The average molecular weight is 263 g/mol. The SMILES string of the molecule is O=C(Cl)C(Cc1ccccc1)c1ccccc1F. The van der Waals surface area contributed by atoms with Crippen molar-refractivity contribution >= 4 is 16.8 Å². The van der Waals surface area contributed by atoms with Crippen LogP contribution in [0, 0.1) is 5.82 Å². The summed E-state index contributed by atoms with van der Waals surface area (Å²) in [5.74, 6) is -1.04. The fraction of sp³-hybridized carbons (Fsp3) is 0.133. The van der Waals surface area contributed by atoms with Crippen molar-refractivity contribution in [3.8, 4) is 0 Å². The first kappa shape index (κ1) is 12.8. The van der Waals surface area contributed by atoms with Gasteiger partial charge in [-0.3, -0.25) is 4.79 Å². The van der Waals surface area contributed by atoms with Gasteiger partial charge in [0.15, 0.2) is 0 Å². The number of carbonyl (C=O) groups excluding carboxylic acids is 1. The summed E-state index contributed by atoms with van der Waals surface area (Å²) in [7, 11) is 0. The second-order valence-electron chi connectivity index (χ2n) is 4.07. The standard InChI is InChI=1S/C15H12ClFO/c16-15(18)13(10-11-6-2-1-3-7-11)12-8-4-5-9-14(12)17/h1-9,13H,10H2. The van der Waals surface area contributed by atoms with Crippen LogP contribution in [0.3, 0.4) is 0 Å².